The Morgan fingerprint density at radius 3 is 3.00 bits per heavy atom. The van der Waals surface area contributed by atoms with E-state index in [1.54, 1.807) is 11.4 Å². The van der Waals surface area contributed by atoms with Crippen LogP contribution in [0, 0.1) is 18.8 Å². The maximum atomic E-state index is 11.9. The van der Waals surface area contributed by atoms with Crippen LogP contribution in [0.1, 0.15) is 20.9 Å². The predicted molar refractivity (Wildman–Crippen MR) is 75.1 cm³/mol. The molecule has 0 fully saturated rings. The van der Waals surface area contributed by atoms with Gasteiger partial charge in [-0.1, -0.05) is 11.8 Å². The fraction of sp³-hybridized carbons (Fsp3) is 0.167. The van der Waals surface area contributed by atoms with Crippen LogP contribution in [-0.4, -0.2) is 17.4 Å². The molecule has 6 heteroatoms. The lowest BCUT2D eigenvalue weighted by Gasteiger charge is -1.97. The number of thiophene rings is 1. The smallest absolute Gasteiger partial charge is 0.258 e. The van der Waals surface area contributed by atoms with Crippen molar-refractivity contribution in [3.63, 3.8) is 0 Å². The van der Waals surface area contributed by atoms with E-state index in [0.29, 0.717) is 17.2 Å². The second-order valence-electron chi connectivity index (χ2n) is 3.45. The number of hydrogen-bond donors (Lipinski definition) is 2. The molecular formula is C12H11N3OS2. The van der Waals surface area contributed by atoms with Gasteiger partial charge < -0.3 is 5.73 Å². The van der Waals surface area contributed by atoms with E-state index in [1.807, 2.05) is 12.3 Å². The van der Waals surface area contributed by atoms with Gasteiger partial charge in [0.1, 0.15) is 0 Å². The zero-order valence-electron chi connectivity index (χ0n) is 9.69. The van der Waals surface area contributed by atoms with Crippen molar-refractivity contribution in [2.24, 2.45) is 5.73 Å². The SMILES string of the molecule is Cc1csc(NC(=O)c2csc(C#CCN)c2)n1. The third-order valence-electron chi connectivity index (χ3n) is 2.01. The molecule has 0 saturated carbocycles. The van der Waals surface area contributed by atoms with Crippen molar-refractivity contribution in [2.75, 3.05) is 11.9 Å². The van der Waals surface area contributed by atoms with Gasteiger partial charge in [0.15, 0.2) is 5.13 Å². The van der Waals surface area contributed by atoms with Crippen LogP contribution < -0.4 is 11.1 Å². The van der Waals surface area contributed by atoms with Gasteiger partial charge in [0.2, 0.25) is 0 Å². The predicted octanol–water partition coefficient (Wildman–Crippen LogP) is 2.08. The Kier molecular flexibility index (Phi) is 4.10. The molecule has 0 bridgehead atoms. The summed E-state index contributed by atoms with van der Waals surface area (Å²) in [5, 5.41) is 7.02. The number of thiazole rings is 1. The molecule has 0 aliphatic rings. The molecule has 0 aromatic carbocycles. The number of carbonyl (C=O) groups is 1. The second-order valence-corrected chi connectivity index (χ2v) is 5.22. The number of aryl methyl sites for hydroxylation is 1. The van der Waals surface area contributed by atoms with Crippen LogP contribution in [0.25, 0.3) is 0 Å². The average Bonchev–Trinajstić information content (AvgIpc) is 2.96. The third-order valence-corrected chi connectivity index (χ3v) is 3.74. The molecule has 18 heavy (non-hydrogen) atoms. The zero-order chi connectivity index (χ0) is 13.0. The van der Waals surface area contributed by atoms with Crippen molar-refractivity contribution in [1.29, 1.82) is 0 Å². The summed E-state index contributed by atoms with van der Waals surface area (Å²) in [4.78, 5) is 16.9. The van der Waals surface area contributed by atoms with Crippen LogP contribution in [0.5, 0.6) is 0 Å². The first kappa shape index (κ1) is 12.8. The molecule has 2 aromatic rings. The Labute approximate surface area is 113 Å². The van der Waals surface area contributed by atoms with Crippen molar-refractivity contribution < 1.29 is 4.79 Å². The molecule has 0 saturated heterocycles. The minimum atomic E-state index is -0.165. The van der Waals surface area contributed by atoms with Crippen molar-refractivity contribution in [2.45, 2.75) is 6.92 Å². The van der Waals surface area contributed by atoms with Gasteiger partial charge in [-0.25, -0.2) is 4.98 Å². The molecule has 0 aliphatic carbocycles. The van der Waals surface area contributed by atoms with Crippen LogP contribution in [0.2, 0.25) is 0 Å². The van der Waals surface area contributed by atoms with Crippen molar-refractivity contribution in [1.82, 2.24) is 4.98 Å². The Morgan fingerprint density at radius 1 is 1.50 bits per heavy atom. The maximum absolute atomic E-state index is 11.9. The molecule has 0 spiro atoms. The Bertz CT molecular complexity index is 619. The Morgan fingerprint density at radius 2 is 2.33 bits per heavy atom. The molecule has 3 N–H and O–H groups in total. The normalized spacial score (nSPS) is 9.67. The highest BCUT2D eigenvalue weighted by Gasteiger charge is 2.10. The summed E-state index contributed by atoms with van der Waals surface area (Å²) in [5.41, 5.74) is 6.78. The fourth-order valence-electron chi connectivity index (χ4n) is 1.24. The van der Waals surface area contributed by atoms with Gasteiger partial charge in [0.25, 0.3) is 5.91 Å². The monoisotopic (exact) mass is 277 g/mol. The first-order chi connectivity index (χ1) is 8.69. The standard InChI is InChI=1S/C12H11N3OS2/c1-8-6-18-12(14-8)15-11(16)9-5-10(17-7-9)3-2-4-13/h5-7H,4,13H2,1H3,(H,14,15,16). The summed E-state index contributed by atoms with van der Waals surface area (Å²) in [6.45, 7) is 2.20. The van der Waals surface area contributed by atoms with E-state index < -0.39 is 0 Å². The highest BCUT2D eigenvalue weighted by Crippen LogP contribution is 2.18. The van der Waals surface area contributed by atoms with E-state index in [4.69, 9.17) is 5.73 Å². The number of hydrogen-bond acceptors (Lipinski definition) is 5. The van der Waals surface area contributed by atoms with Gasteiger partial charge in [0, 0.05) is 10.8 Å². The number of nitrogens with zero attached hydrogens (tertiary/aromatic N) is 1. The number of rotatable bonds is 2. The Hall–Kier alpha value is -1.68. The minimum Gasteiger partial charge on any atom is -0.320 e. The summed E-state index contributed by atoms with van der Waals surface area (Å²) >= 11 is 2.84. The molecule has 0 aliphatic heterocycles. The summed E-state index contributed by atoms with van der Waals surface area (Å²) < 4.78 is 0. The molecule has 92 valence electrons. The highest BCUT2D eigenvalue weighted by molar-refractivity contribution is 7.14. The lowest BCUT2D eigenvalue weighted by atomic mass is 10.3. The van der Waals surface area contributed by atoms with Gasteiger partial charge in [-0.05, 0) is 13.0 Å². The fourth-order valence-corrected chi connectivity index (χ4v) is 2.68. The second kappa shape index (κ2) is 5.78. The van der Waals surface area contributed by atoms with E-state index in [2.05, 4.69) is 22.1 Å². The molecule has 0 unspecified atom stereocenters. The largest absolute Gasteiger partial charge is 0.320 e. The van der Waals surface area contributed by atoms with E-state index in [9.17, 15) is 4.79 Å². The molecule has 4 nitrogen and oxygen atoms in total. The number of aromatic nitrogens is 1. The summed E-state index contributed by atoms with van der Waals surface area (Å²) in [7, 11) is 0. The minimum absolute atomic E-state index is 0.165. The van der Waals surface area contributed by atoms with Crippen molar-refractivity contribution >= 4 is 33.7 Å². The number of nitrogens with two attached hydrogens (primary N) is 1. The van der Waals surface area contributed by atoms with Crippen LogP contribution in [0.15, 0.2) is 16.8 Å². The molecule has 2 rings (SSSR count). The van der Waals surface area contributed by atoms with Gasteiger partial charge in [-0.2, -0.15) is 0 Å². The summed E-state index contributed by atoms with van der Waals surface area (Å²) in [5.74, 6) is 5.49. The number of amides is 1. The van der Waals surface area contributed by atoms with Gasteiger partial charge in [-0.3, -0.25) is 10.1 Å². The highest BCUT2D eigenvalue weighted by atomic mass is 32.1. The van der Waals surface area contributed by atoms with E-state index in [0.717, 1.165) is 10.6 Å². The van der Waals surface area contributed by atoms with Crippen molar-refractivity contribution in [3.8, 4) is 11.8 Å². The lowest BCUT2D eigenvalue weighted by Crippen LogP contribution is -2.10. The third kappa shape index (κ3) is 3.17. The van der Waals surface area contributed by atoms with Crippen LogP contribution in [-0.2, 0) is 0 Å². The summed E-state index contributed by atoms with van der Waals surface area (Å²) in [6, 6.07) is 1.75. The quantitative estimate of drug-likeness (QED) is 0.826. The molecule has 1 amide bonds. The molecule has 0 atom stereocenters. The summed E-state index contributed by atoms with van der Waals surface area (Å²) in [6.07, 6.45) is 0. The Balaban J connectivity index is 2.07. The first-order valence-electron chi connectivity index (χ1n) is 5.20. The van der Waals surface area contributed by atoms with E-state index in [1.165, 1.54) is 22.7 Å². The van der Waals surface area contributed by atoms with E-state index >= 15 is 0 Å². The molecule has 0 radical (unpaired) electrons. The maximum Gasteiger partial charge on any atom is 0.258 e. The molecule has 2 aromatic heterocycles. The molecular weight excluding hydrogens is 266 g/mol. The number of anilines is 1. The van der Waals surface area contributed by atoms with Crippen LogP contribution in [0.3, 0.4) is 0 Å². The van der Waals surface area contributed by atoms with Crippen molar-refractivity contribution in [3.05, 3.63) is 33.0 Å². The zero-order valence-corrected chi connectivity index (χ0v) is 11.3. The van der Waals surface area contributed by atoms with Gasteiger partial charge in [-0.15, -0.1) is 22.7 Å². The van der Waals surface area contributed by atoms with E-state index in [-0.39, 0.29) is 5.91 Å². The number of carbonyl (C=O) groups excluding carboxylic acids is 1. The van der Waals surface area contributed by atoms with Crippen LogP contribution >= 0.6 is 22.7 Å². The first-order valence-corrected chi connectivity index (χ1v) is 6.96. The lowest BCUT2D eigenvalue weighted by molar-refractivity contribution is 0.102. The number of nitrogens with one attached hydrogen (secondary N) is 1. The topological polar surface area (TPSA) is 68.0 Å². The van der Waals surface area contributed by atoms with Gasteiger partial charge in [0.05, 0.1) is 22.7 Å². The molecule has 2 heterocycles. The van der Waals surface area contributed by atoms with Crippen LogP contribution in [0.4, 0.5) is 5.13 Å². The van der Waals surface area contributed by atoms with Gasteiger partial charge >= 0.3 is 0 Å². The average molecular weight is 277 g/mol.